The van der Waals surface area contributed by atoms with Gasteiger partial charge in [0.05, 0.1) is 5.69 Å². The van der Waals surface area contributed by atoms with Crippen LogP contribution in [0.2, 0.25) is 0 Å². The van der Waals surface area contributed by atoms with Crippen LogP contribution in [-0.2, 0) is 11.3 Å². The van der Waals surface area contributed by atoms with Crippen molar-refractivity contribution in [1.29, 1.82) is 0 Å². The molecule has 1 atom stereocenters. The van der Waals surface area contributed by atoms with Gasteiger partial charge in [0.2, 0.25) is 5.91 Å². The summed E-state index contributed by atoms with van der Waals surface area (Å²) in [5.41, 5.74) is 7.85. The zero-order valence-electron chi connectivity index (χ0n) is 10.5. The average Bonchev–Trinajstić information content (AvgIpc) is 2.57. The van der Waals surface area contributed by atoms with Crippen molar-refractivity contribution in [2.75, 3.05) is 13.1 Å². The second-order valence-corrected chi connectivity index (χ2v) is 4.83. The van der Waals surface area contributed by atoms with Gasteiger partial charge in [-0.3, -0.25) is 9.48 Å². The summed E-state index contributed by atoms with van der Waals surface area (Å²) in [6, 6.07) is 2.11. The van der Waals surface area contributed by atoms with Crippen molar-refractivity contribution in [3.8, 4) is 0 Å². The van der Waals surface area contributed by atoms with Crippen molar-refractivity contribution in [2.45, 2.75) is 39.3 Å². The highest BCUT2D eigenvalue weighted by Gasteiger charge is 2.21. The number of rotatable bonds is 2. The summed E-state index contributed by atoms with van der Waals surface area (Å²) in [7, 11) is 0. The Labute approximate surface area is 102 Å². The van der Waals surface area contributed by atoms with Gasteiger partial charge in [-0.1, -0.05) is 0 Å². The van der Waals surface area contributed by atoms with E-state index in [1.807, 2.05) is 24.8 Å². The first-order valence-corrected chi connectivity index (χ1v) is 6.10. The first-order chi connectivity index (χ1) is 8.06. The lowest BCUT2D eigenvalue weighted by atomic mass is 10.1. The van der Waals surface area contributed by atoms with Crippen LogP contribution in [0.1, 0.15) is 24.2 Å². The Bertz CT molecular complexity index is 413. The standard InChI is InChI=1S/C12H20N4O/c1-9-6-10(2)16(14-9)8-12(17)15-5-3-4-11(13)7-15/h6,11H,3-5,7-8,13H2,1-2H3/t11-/m1/s1. The van der Waals surface area contributed by atoms with Crippen LogP contribution in [0, 0.1) is 13.8 Å². The molecule has 1 amide bonds. The predicted octanol–water partition coefficient (Wildman–Crippen LogP) is 0.450. The molecule has 1 aromatic heterocycles. The Balaban J connectivity index is 1.99. The third-order valence-corrected chi connectivity index (χ3v) is 3.20. The molecule has 5 nitrogen and oxygen atoms in total. The van der Waals surface area contributed by atoms with Gasteiger partial charge < -0.3 is 10.6 Å². The SMILES string of the molecule is Cc1cc(C)n(CC(=O)N2CCC[C@@H](N)C2)n1. The maximum atomic E-state index is 12.1. The van der Waals surface area contributed by atoms with E-state index in [0.29, 0.717) is 13.1 Å². The number of amides is 1. The van der Waals surface area contributed by atoms with Crippen molar-refractivity contribution in [2.24, 2.45) is 5.73 Å². The Kier molecular flexibility index (Phi) is 3.47. The number of hydrogen-bond acceptors (Lipinski definition) is 3. The van der Waals surface area contributed by atoms with Crippen LogP contribution < -0.4 is 5.73 Å². The molecule has 17 heavy (non-hydrogen) atoms. The molecule has 0 spiro atoms. The van der Waals surface area contributed by atoms with Crippen LogP contribution in [0.15, 0.2) is 6.07 Å². The molecule has 94 valence electrons. The van der Waals surface area contributed by atoms with Crippen LogP contribution in [0.3, 0.4) is 0 Å². The minimum Gasteiger partial charge on any atom is -0.340 e. The summed E-state index contributed by atoms with van der Waals surface area (Å²) in [4.78, 5) is 13.9. The smallest absolute Gasteiger partial charge is 0.244 e. The normalized spacial score (nSPS) is 20.6. The zero-order valence-corrected chi connectivity index (χ0v) is 10.5. The van der Waals surface area contributed by atoms with E-state index in [2.05, 4.69) is 5.10 Å². The summed E-state index contributed by atoms with van der Waals surface area (Å²) in [6.07, 6.45) is 2.02. The van der Waals surface area contributed by atoms with Gasteiger partial charge in [-0.05, 0) is 32.8 Å². The summed E-state index contributed by atoms with van der Waals surface area (Å²) in [5.74, 6) is 0.117. The van der Waals surface area contributed by atoms with E-state index in [0.717, 1.165) is 30.8 Å². The Morgan fingerprint density at radius 3 is 2.94 bits per heavy atom. The molecule has 2 N–H and O–H groups in total. The van der Waals surface area contributed by atoms with Crippen molar-refractivity contribution < 1.29 is 4.79 Å². The van der Waals surface area contributed by atoms with Gasteiger partial charge in [0.25, 0.3) is 0 Å². The van der Waals surface area contributed by atoms with Crippen LogP contribution in [0.5, 0.6) is 0 Å². The number of piperidine rings is 1. The highest BCUT2D eigenvalue weighted by atomic mass is 16.2. The van der Waals surface area contributed by atoms with Crippen LogP contribution >= 0.6 is 0 Å². The van der Waals surface area contributed by atoms with E-state index in [-0.39, 0.29) is 11.9 Å². The molecule has 0 aromatic carbocycles. The molecule has 0 bridgehead atoms. The van der Waals surface area contributed by atoms with Crippen molar-refractivity contribution in [3.05, 3.63) is 17.5 Å². The monoisotopic (exact) mass is 236 g/mol. The fourth-order valence-corrected chi connectivity index (χ4v) is 2.30. The lowest BCUT2D eigenvalue weighted by molar-refractivity contribution is -0.133. The number of aromatic nitrogens is 2. The summed E-state index contributed by atoms with van der Waals surface area (Å²) < 4.78 is 1.76. The van der Waals surface area contributed by atoms with E-state index in [1.54, 1.807) is 4.68 Å². The first kappa shape index (κ1) is 12.1. The van der Waals surface area contributed by atoms with Crippen molar-refractivity contribution in [1.82, 2.24) is 14.7 Å². The molecule has 1 saturated heterocycles. The Morgan fingerprint density at radius 2 is 2.35 bits per heavy atom. The first-order valence-electron chi connectivity index (χ1n) is 6.10. The molecular formula is C12H20N4O. The van der Waals surface area contributed by atoms with E-state index in [4.69, 9.17) is 5.73 Å². The quantitative estimate of drug-likeness (QED) is 0.811. The Morgan fingerprint density at radius 1 is 1.59 bits per heavy atom. The minimum atomic E-state index is 0.117. The second-order valence-electron chi connectivity index (χ2n) is 4.83. The molecule has 2 heterocycles. The van der Waals surface area contributed by atoms with Gasteiger partial charge in [-0.25, -0.2) is 0 Å². The molecule has 0 radical (unpaired) electrons. The molecule has 1 aliphatic rings. The maximum absolute atomic E-state index is 12.1. The molecule has 1 aliphatic heterocycles. The van der Waals surface area contributed by atoms with Gasteiger partial charge in [0, 0.05) is 24.8 Å². The van der Waals surface area contributed by atoms with Crippen molar-refractivity contribution >= 4 is 5.91 Å². The van der Waals surface area contributed by atoms with Gasteiger partial charge in [0.1, 0.15) is 6.54 Å². The van der Waals surface area contributed by atoms with Crippen molar-refractivity contribution in [3.63, 3.8) is 0 Å². The fourth-order valence-electron chi connectivity index (χ4n) is 2.30. The van der Waals surface area contributed by atoms with Crippen LogP contribution in [-0.4, -0.2) is 39.7 Å². The topological polar surface area (TPSA) is 64.2 Å². The third kappa shape index (κ3) is 2.85. The average molecular weight is 236 g/mol. The van der Waals surface area contributed by atoms with E-state index >= 15 is 0 Å². The lowest BCUT2D eigenvalue weighted by Crippen LogP contribution is -2.46. The number of likely N-dealkylation sites (tertiary alicyclic amines) is 1. The summed E-state index contributed by atoms with van der Waals surface area (Å²) >= 11 is 0. The van der Waals surface area contributed by atoms with Crippen LogP contribution in [0.4, 0.5) is 0 Å². The van der Waals surface area contributed by atoms with E-state index < -0.39 is 0 Å². The zero-order chi connectivity index (χ0) is 12.4. The lowest BCUT2D eigenvalue weighted by Gasteiger charge is -2.30. The number of hydrogen-bond donors (Lipinski definition) is 1. The molecule has 5 heteroatoms. The molecule has 0 saturated carbocycles. The second kappa shape index (κ2) is 4.87. The third-order valence-electron chi connectivity index (χ3n) is 3.20. The van der Waals surface area contributed by atoms with Gasteiger partial charge in [-0.15, -0.1) is 0 Å². The Hall–Kier alpha value is -1.36. The molecule has 0 unspecified atom stereocenters. The number of nitrogens with zero attached hydrogens (tertiary/aromatic N) is 3. The molecule has 1 aromatic rings. The largest absolute Gasteiger partial charge is 0.340 e. The number of nitrogens with two attached hydrogens (primary N) is 1. The number of aryl methyl sites for hydroxylation is 2. The molecular weight excluding hydrogens is 216 g/mol. The van der Waals surface area contributed by atoms with E-state index in [9.17, 15) is 4.79 Å². The van der Waals surface area contributed by atoms with Gasteiger partial charge >= 0.3 is 0 Å². The van der Waals surface area contributed by atoms with Gasteiger partial charge in [-0.2, -0.15) is 5.10 Å². The van der Waals surface area contributed by atoms with E-state index in [1.165, 1.54) is 0 Å². The predicted molar refractivity (Wildman–Crippen MR) is 65.5 cm³/mol. The number of carbonyl (C=O) groups is 1. The number of carbonyl (C=O) groups excluding carboxylic acids is 1. The summed E-state index contributed by atoms with van der Waals surface area (Å²) in [5, 5.41) is 4.30. The molecule has 0 aliphatic carbocycles. The summed E-state index contributed by atoms with van der Waals surface area (Å²) in [6.45, 7) is 5.73. The highest BCUT2D eigenvalue weighted by molar-refractivity contribution is 5.76. The van der Waals surface area contributed by atoms with Gasteiger partial charge in [0.15, 0.2) is 0 Å². The molecule has 1 fully saturated rings. The highest BCUT2D eigenvalue weighted by Crippen LogP contribution is 2.10. The minimum absolute atomic E-state index is 0.117. The fraction of sp³-hybridized carbons (Fsp3) is 0.667. The molecule has 2 rings (SSSR count). The van der Waals surface area contributed by atoms with Crippen LogP contribution in [0.25, 0.3) is 0 Å². The maximum Gasteiger partial charge on any atom is 0.244 e.